The number of nitrogens with one attached hydrogen (secondary N) is 1. The number of aryl methyl sites for hydroxylation is 1. The van der Waals surface area contributed by atoms with Crippen molar-refractivity contribution in [3.63, 3.8) is 0 Å². The predicted octanol–water partition coefficient (Wildman–Crippen LogP) is 1.10. The number of hydrogen-bond donors (Lipinski definition) is 1. The van der Waals surface area contributed by atoms with E-state index in [9.17, 15) is 18.0 Å². The summed E-state index contributed by atoms with van der Waals surface area (Å²) in [6.07, 6.45) is 0. The molecule has 2 aromatic rings. The fourth-order valence-corrected chi connectivity index (χ4v) is 3.17. The number of aromatic nitrogens is 1. The molecule has 0 bridgehead atoms. The molecule has 1 N–H and O–H groups in total. The third-order valence-electron chi connectivity index (χ3n) is 3.61. The quantitative estimate of drug-likeness (QED) is 0.706. The van der Waals surface area contributed by atoms with Crippen LogP contribution in [0.5, 0.6) is 0 Å². The second-order valence-electron chi connectivity index (χ2n) is 5.29. The minimum absolute atomic E-state index is 0.136. The molecule has 0 saturated heterocycles. The van der Waals surface area contributed by atoms with E-state index in [4.69, 9.17) is 9.26 Å². The Morgan fingerprint density at radius 1 is 1.23 bits per heavy atom. The highest BCUT2D eigenvalue weighted by molar-refractivity contribution is 7.89. The molecular formula is C16H18N2O7S. The molecule has 0 saturated carbocycles. The first kappa shape index (κ1) is 19.6. The van der Waals surface area contributed by atoms with Crippen LogP contribution in [0.2, 0.25) is 0 Å². The summed E-state index contributed by atoms with van der Waals surface area (Å²) < 4.78 is 41.3. The Morgan fingerprint density at radius 2 is 1.92 bits per heavy atom. The Hall–Kier alpha value is -2.72. The smallest absolute Gasteiger partial charge is 0.339 e. The zero-order valence-corrected chi connectivity index (χ0v) is 15.3. The molecule has 0 atom stereocenters. The lowest BCUT2D eigenvalue weighted by Crippen LogP contribution is -2.31. The molecule has 0 aliphatic carbocycles. The van der Waals surface area contributed by atoms with E-state index in [1.807, 2.05) is 0 Å². The minimum Gasteiger partial charge on any atom is -0.465 e. The van der Waals surface area contributed by atoms with E-state index < -0.39 is 28.5 Å². The highest BCUT2D eigenvalue weighted by atomic mass is 32.2. The second-order valence-corrected chi connectivity index (χ2v) is 7.02. The van der Waals surface area contributed by atoms with E-state index in [-0.39, 0.29) is 17.1 Å². The van der Waals surface area contributed by atoms with Crippen LogP contribution < -0.4 is 4.72 Å². The van der Waals surface area contributed by atoms with Crippen molar-refractivity contribution < 1.29 is 32.0 Å². The lowest BCUT2D eigenvalue weighted by molar-refractivity contribution is -0.144. The number of benzene rings is 1. The summed E-state index contributed by atoms with van der Waals surface area (Å²) in [4.78, 5) is 23.2. The highest BCUT2D eigenvalue weighted by Gasteiger charge is 2.23. The molecule has 1 aromatic heterocycles. The number of methoxy groups -OCH3 is 1. The van der Waals surface area contributed by atoms with Crippen molar-refractivity contribution in [1.82, 2.24) is 9.88 Å². The topological polar surface area (TPSA) is 125 Å². The summed E-state index contributed by atoms with van der Waals surface area (Å²) in [7, 11) is -2.97. The molecule has 1 aromatic carbocycles. The Kier molecular flexibility index (Phi) is 6.11. The average Bonchev–Trinajstić information content (AvgIpc) is 2.96. The van der Waals surface area contributed by atoms with Gasteiger partial charge >= 0.3 is 11.9 Å². The van der Waals surface area contributed by atoms with Gasteiger partial charge in [0.05, 0.1) is 23.3 Å². The van der Waals surface area contributed by atoms with Crippen molar-refractivity contribution in [3.8, 4) is 0 Å². The monoisotopic (exact) mass is 382 g/mol. The number of ether oxygens (including phenoxy) is 2. The van der Waals surface area contributed by atoms with Crippen molar-refractivity contribution in [1.29, 1.82) is 0 Å². The van der Waals surface area contributed by atoms with Crippen LogP contribution in [-0.2, 0) is 30.9 Å². The Balaban J connectivity index is 2.01. The first-order valence-electron chi connectivity index (χ1n) is 7.50. The molecule has 0 aliphatic heterocycles. The first-order chi connectivity index (χ1) is 12.3. The molecule has 0 unspecified atom stereocenters. The van der Waals surface area contributed by atoms with Crippen molar-refractivity contribution >= 4 is 22.0 Å². The molecule has 0 radical (unpaired) electrons. The molecule has 10 heteroatoms. The summed E-state index contributed by atoms with van der Waals surface area (Å²) in [6.45, 7) is 2.74. The van der Waals surface area contributed by atoms with Gasteiger partial charge < -0.3 is 14.0 Å². The van der Waals surface area contributed by atoms with Crippen molar-refractivity contribution in [2.45, 2.75) is 25.3 Å². The zero-order valence-electron chi connectivity index (χ0n) is 14.4. The first-order valence-corrected chi connectivity index (χ1v) is 8.99. The van der Waals surface area contributed by atoms with Crippen LogP contribution in [0.1, 0.15) is 27.4 Å². The molecule has 0 amide bonds. The van der Waals surface area contributed by atoms with Gasteiger partial charge in [-0.15, -0.1) is 0 Å². The maximum Gasteiger partial charge on any atom is 0.339 e. The average molecular weight is 382 g/mol. The third kappa shape index (κ3) is 4.46. The molecular weight excluding hydrogens is 364 g/mol. The Bertz CT molecular complexity index is 918. The number of sulfonamides is 1. The number of hydrogen-bond acceptors (Lipinski definition) is 8. The summed E-state index contributed by atoms with van der Waals surface area (Å²) in [5.74, 6) is -1.22. The van der Waals surface area contributed by atoms with Gasteiger partial charge in [0.2, 0.25) is 10.0 Å². The van der Waals surface area contributed by atoms with Gasteiger partial charge in [0.15, 0.2) is 12.4 Å². The summed E-state index contributed by atoms with van der Waals surface area (Å²) >= 11 is 0. The molecule has 2 rings (SSSR count). The van der Waals surface area contributed by atoms with Crippen molar-refractivity contribution in [2.75, 3.05) is 13.7 Å². The zero-order chi connectivity index (χ0) is 19.3. The fraction of sp³-hybridized carbons (Fsp3) is 0.312. The maximum atomic E-state index is 12.4. The second kappa shape index (κ2) is 8.11. The standard InChI is InChI=1S/C16H18N2O7S/c1-10-11(2)18-25-13(10)9-24-15(19)8-17-26(21,22)14-7-5-4-6-12(14)16(20)23-3/h4-7,17H,8-9H2,1-3H3. The van der Waals surface area contributed by atoms with Gasteiger partial charge in [-0.05, 0) is 26.0 Å². The van der Waals surface area contributed by atoms with Crippen LogP contribution in [0, 0.1) is 13.8 Å². The van der Waals surface area contributed by atoms with E-state index in [2.05, 4.69) is 14.6 Å². The molecule has 140 valence electrons. The fourth-order valence-electron chi connectivity index (χ4n) is 2.01. The minimum atomic E-state index is -4.12. The van der Waals surface area contributed by atoms with Crippen LogP contribution in [0.3, 0.4) is 0 Å². The summed E-state index contributed by atoms with van der Waals surface area (Å²) in [5.41, 5.74) is 1.30. The molecule has 0 fully saturated rings. The van der Waals surface area contributed by atoms with Gasteiger partial charge in [0, 0.05) is 5.56 Å². The van der Waals surface area contributed by atoms with E-state index in [0.29, 0.717) is 11.5 Å². The van der Waals surface area contributed by atoms with Gasteiger partial charge in [-0.3, -0.25) is 4.79 Å². The van der Waals surface area contributed by atoms with E-state index >= 15 is 0 Å². The van der Waals surface area contributed by atoms with Crippen LogP contribution in [0.25, 0.3) is 0 Å². The lowest BCUT2D eigenvalue weighted by atomic mass is 10.2. The van der Waals surface area contributed by atoms with E-state index in [1.165, 1.54) is 24.3 Å². The Morgan fingerprint density at radius 3 is 2.54 bits per heavy atom. The molecule has 0 aliphatic rings. The molecule has 9 nitrogen and oxygen atoms in total. The molecule has 0 spiro atoms. The van der Waals surface area contributed by atoms with E-state index in [0.717, 1.165) is 12.7 Å². The van der Waals surface area contributed by atoms with E-state index in [1.54, 1.807) is 13.8 Å². The van der Waals surface area contributed by atoms with Gasteiger partial charge in [0.1, 0.15) is 6.54 Å². The van der Waals surface area contributed by atoms with Crippen LogP contribution in [0.15, 0.2) is 33.7 Å². The highest BCUT2D eigenvalue weighted by Crippen LogP contribution is 2.16. The van der Waals surface area contributed by atoms with Crippen molar-refractivity contribution in [2.24, 2.45) is 0 Å². The van der Waals surface area contributed by atoms with Crippen LogP contribution >= 0.6 is 0 Å². The van der Waals surface area contributed by atoms with Crippen molar-refractivity contribution in [3.05, 3.63) is 46.8 Å². The molecule has 26 heavy (non-hydrogen) atoms. The maximum absolute atomic E-state index is 12.4. The number of carbonyl (C=O) groups excluding carboxylic acids is 2. The van der Waals surface area contributed by atoms with Gasteiger partial charge in [0.25, 0.3) is 0 Å². The van der Waals surface area contributed by atoms with Crippen LogP contribution in [0.4, 0.5) is 0 Å². The third-order valence-corrected chi connectivity index (χ3v) is 5.07. The summed E-state index contributed by atoms with van der Waals surface area (Å²) in [6, 6.07) is 5.50. The largest absolute Gasteiger partial charge is 0.465 e. The number of rotatable bonds is 7. The normalized spacial score (nSPS) is 11.2. The molecule has 1 heterocycles. The Labute approximate surface area is 150 Å². The summed E-state index contributed by atoms with van der Waals surface area (Å²) in [5, 5.41) is 3.73. The SMILES string of the molecule is COC(=O)c1ccccc1S(=O)(=O)NCC(=O)OCc1onc(C)c1C. The number of esters is 2. The van der Waals surface area contributed by atoms with Crippen LogP contribution in [-0.4, -0.2) is 39.2 Å². The lowest BCUT2D eigenvalue weighted by Gasteiger charge is -2.10. The number of carbonyl (C=O) groups is 2. The van der Waals surface area contributed by atoms with Gasteiger partial charge in [-0.2, -0.15) is 4.72 Å². The number of nitrogens with zero attached hydrogens (tertiary/aromatic N) is 1. The van der Waals surface area contributed by atoms with Gasteiger partial charge in [-0.1, -0.05) is 17.3 Å². The van der Waals surface area contributed by atoms with Gasteiger partial charge in [-0.25, -0.2) is 13.2 Å². The predicted molar refractivity (Wildman–Crippen MR) is 88.7 cm³/mol.